The number of ether oxygens (including phenoxy) is 6. The number of anilines is 4. The first kappa shape index (κ1) is 73.4. The fourth-order valence-corrected chi connectivity index (χ4v) is 14.3. The molecule has 107 heavy (non-hydrogen) atoms. The summed E-state index contributed by atoms with van der Waals surface area (Å²) in [7, 11) is 4.60. The number of methoxy groups -OCH3 is 3. The molecule has 5 heterocycles. The van der Waals surface area contributed by atoms with Crippen molar-refractivity contribution in [3.63, 3.8) is 0 Å². The summed E-state index contributed by atoms with van der Waals surface area (Å²) in [6.07, 6.45) is 6.42. The number of para-hydroxylation sites is 1. The Morgan fingerprint density at radius 3 is 2.08 bits per heavy atom. The molecule has 9 amide bonds. The van der Waals surface area contributed by atoms with Gasteiger partial charge in [0.1, 0.15) is 24.4 Å². The molecule has 0 radical (unpaired) electrons. The van der Waals surface area contributed by atoms with Crippen molar-refractivity contribution in [2.24, 2.45) is 11.3 Å². The van der Waals surface area contributed by atoms with Gasteiger partial charge in [-0.25, -0.2) is 9.69 Å². The molecule has 26 nitrogen and oxygen atoms in total. The molecule has 1 saturated heterocycles. The van der Waals surface area contributed by atoms with Gasteiger partial charge in [0.15, 0.2) is 29.2 Å². The first-order chi connectivity index (χ1) is 51.7. The highest BCUT2D eigenvalue weighted by molar-refractivity contribution is 6.07. The first-order valence-electron chi connectivity index (χ1n) is 35.9. The van der Waals surface area contributed by atoms with Gasteiger partial charge in [-0.2, -0.15) is 0 Å². The minimum atomic E-state index is -1.50. The molecule has 6 aliphatic rings. The van der Waals surface area contributed by atoms with E-state index in [1.54, 1.807) is 72.1 Å². The topological polar surface area (TPSA) is 314 Å². The van der Waals surface area contributed by atoms with Crippen molar-refractivity contribution >= 4 is 105 Å². The maximum atomic E-state index is 14.5. The van der Waals surface area contributed by atoms with E-state index in [1.807, 2.05) is 85.1 Å². The molecule has 26 heteroatoms. The van der Waals surface area contributed by atoms with Crippen LogP contribution in [0, 0.1) is 11.3 Å². The van der Waals surface area contributed by atoms with Crippen LogP contribution in [-0.4, -0.2) is 159 Å². The summed E-state index contributed by atoms with van der Waals surface area (Å²) in [5.74, 6) is -2.44. The number of benzene rings is 7. The lowest BCUT2D eigenvalue weighted by Gasteiger charge is -2.31. The lowest BCUT2D eigenvalue weighted by atomic mass is 9.99. The highest BCUT2D eigenvalue weighted by Crippen LogP contribution is 2.57. The first-order valence-corrected chi connectivity index (χ1v) is 35.9. The van der Waals surface area contributed by atoms with Gasteiger partial charge in [-0.15, -0.1) is 0 Å². The maximum absolute atomic E-state index is 14.5. The Bertz CT molecular complexity index is 4710. The predicted octanol–water partition coefficient (Wildman–Crippen LogP) is 9.18. The third kappa shape index (κ3) is 16.3. The van der Waals surface area contributed by atoms with Gasteiger partial charge >= 0.3 is 6.09 Å². The van der Waals surface area contributed by atoms with Crippen molar-refractivity contribution < 1.29 is 76.7 Å². The summed E-state index contributed by atoms with van der Waals surface area (Å²) < 4.78 is 35.4. The van der Waals surface area contributed by atoms with Crippen LogP contribution in [0.3, 0.4) is 0 Å². The number of amides is 9. The van der Waals surface area contributed by atoms with Gasteiger partial charge in [-0.05, 0) is 137 Å². The van der Waals surface area contributed by atoms with Crippen molar-refractivity contribution in [2.45, 2.75) is 109 Å². The zero-order chi connectivity index (χ0) is 75.2. The third-order valence-electron chi connectivity index (χ3n) is 20.4. The lowest BCUT2D eigenvalue weighted by molar-refractivity contribution is -0.132. The Labute approximate surface area is 618 Å². The number of hydrogen-bond acceptors (Lipinski definition) is 17. The monoisotopic (exact) mass is 1450 g/mol. The number of fused-ring (bicyclic) bond motifs is 7. The molecule has 0 bridgehead atoms. The highest BCUT2D eigenvalue weighted by Gasteiger charge is 2.58. The van der Waals surface area contributed by atoms with Crippen LogP contribution >= 0.6 is 0 Å². The van der Waals surface area contributed by atoms with E-state index >= 15 is 0 Å². The summed E-state index contributed by atoms with van der Waals surface area (Å²) >= 11 is 0. The molecule has 556 valence electrons. The molecule has 13 rings (SSSR count). The van der Waals surface area contributed by atoms with Crippen LogP contribution in [0.25, 0.3) is 28.5 Å². The second-order valence-corrected chi connectivity index (χ2v) is 28.0. The average Bonchev–Trinajstić information content (AvgIpc) is 1.57. The molecular weight excluding hydrogens is 1370 g/mol. The van der Waals surface area contributed by atoms with E-state index in [0.29, 0.717) is 78.6 Å². The molecule has 1 spiro atoms. The third-order valence-corrected chi connectivity index (χ3v) is 20.4. The van der Waals surface area contributed by atoms with Gasteiger partial charge in [-0.1, -0.05) is 98.8 Å². The predicted molar refractivity (Wildman–Crippen MR) is 401 cm³/mol. The van der Waals surface area contributed by atoms with E-state index in [4.69, 9.17) is 28.4 Å². The number of aliphatic hydroxyl groups excluding tert-OH is 1. The molecular formula is C81H86N10O16. The molecule has 1 unspecified atom stereocenters. The Morgan fingerprint density at radius 2 is 1.35 bits per heavy atom. The average molecular weight is 1460 g/mol. The van der Waals surface area contributed by atoms with Crippen LogP contribution in [0.2, 0.25) is 0 Å². The molecule has 5 atom stereocenters. The van der Waals surface area contributed by atoms with Crippen molar-refractivity contribution in [1.29, 1.82) is 0 Å². The van der Waals surface area contributed by atoms with Gasteiger partial charge < -0.3 is 80.1 Å². The normalized spacial score (nSPS) is 17.9. The Balaban J connectivity index is 0.574. The molecule has 0 aromatic heterocycles. The summed E-state index contributed by atoms with van der Waals surface area (Å²) in [5, 5.41) is 30.8. The summed E-state index contributed by atoms with van der Waals surface area (Å²) in [4.78, 5) is 129. The van der Waals surface area contributed by atoms with E-state index in [9.17, 15) is 48.3 Å². The fraction of sp³-hybridized carbons (Fsp3) is 0.346. The number of aliphatic hydroxyl groups is 1. The number of carbonyl (C=O) groups excluding carboxylic acids is 9. The Kier molecular flexibility index (Phi) is 21.8. The smallest absolute Gasteiger partial charge is 0.416 e. The largest absolute Gasteiger partial charge is 0.497 e. The van der Waals surface area contributed by atoms with Crippen LogP contribution in [0.4, 0.5) is 27.5 Å². The molecule has 7 N–H and O–H groups in total. The van der Waals surface area contributed by atoms with Crippen molar-refractivity contribution in [3.8, 4) is 28.7 Å². The fourth-order valence-electron chi connectivity index (χ4n) is 14.3. The van der Waals surface area contributed by atoms with E-state index in [1.165, 1.54) is 33.3 Å². The zero-order valence-corrected chi connectivity index (χ0v) is 60.4. The second kappa shape index (κ2) is 31.8. The molecule has 7 aromatic carbocycles. The number of nitrogens with one attached hydrogen (secondary N) is 6. The van der Waals surface area contributed by atoms with Gasteiger partial charge in [0.2, 0.25) is 35.4 Å². The second-order valence-electron chi connectivity index (χ2n) is 28.0. The van der Waals surface area contributed by atoms with Gasteiger partial charge in [0, 0.05) is 56.4 Å². The standard InChI is InChI=1S/C81H86N10O16/c1-47(2)74(87-72(94)42-84-71(93)41-83-70(92)26-27-73(95)89-43-55-14-8-7-12-50(55)18-19-51-13-9-10-15-63(51)89)76(97)85-48(3)75(96)86-57-23-16-49(17-24-57)45-107-80(101)91-64-38-69(67(104-6)36-61(64)78(99)90-46-81(28-29-81)39-65(90)79(91)100)106-31-11-30-105-68-37-62-60(35-66(68)103-5)77(98)88-44-56(33-58(88)40-82-62)53-20-21-54-34-59(102-4)25-22-52(54)32-53/h7-10,12-25,32,34-38,44,47-48,58,65,74,79,82,100H,11,26-31,33,39-43,45-46H2,1-6H3,(H,83,92)(H,84,93)(H,85,97)(H,86,96)(H,87,94)/b19-18-/t48-,58-,65-,74-,79?/m0/s1. The molecule has 2 fully saturated rings. The van der Waals surface area contributed by atoms with Crippen molar-refractivity contribution in [2.75, 3.05) is 81.2 Å². The lowest BCUT2D eigenvalue weighted by Crippen LogP contribution is -2.55. The van der Waals surface area contributed by atoms with Gasteiger partial charge in [0.25, 0.3) is 11.8 Å². The molecule has 1 aliphatic carbocycles. The number of nitrogens with zero attached hydrogens (tertiary/aromatic N) is 4. The zero-order valence-electron chi connectivity index (χ0n) is 60.4. The highest BCUT2D eigenvalue weighted by atomic mass is 16.6. The minimum Gasteiger partial charge on any atom is -0.497 e. The van der Waals surface area contributed by atoms with Gasteiger partial charge in [0.05, 0.1) is 94.5 Å². The summed E-state index contributed by atoms with van der Waals surface area (Å²) in [6, 6.07) is 37.3. The minimum absolute atomic E-state index is 0.0575. The Hall–Kier alpha value is -11.9. The molecule has 7 aromatic rings. The van der Waals surface area contributed by atoms with E-state index in [0.717, 1.165) is 62.1 Å². The SMILES string of the molecule is COc1ccc2cc(C3=CN4C(=O)c5cc(OC)c(OCCCOc6cc7c(cc6OC)C(=O)N6CC8(CC8)C[C@H]6C(O)N7C(=O)OCc6ccc(NC(=O)[C@H](C)NC(=O)[C@@H](NC(=O)CNC(=O)CNC(=O)CCC(=O)N7Cc8ccccc8/C=C\c8ccccc87)C(C)C)cc6)cc5NC[C@@H]4C3)ccc2c1. The van der Waals surface area contributed by atoms with Crippen LogP contribution in [0.5, 0.6) is 28.7 Å². The number of rotatable bonds is 25. The number of carbonyl (C=O) groups is 9. The van der Waals surface area contributed by atoms with Crippen LogP contribution in [0.1, 0.15) is 114 Å². The molecule has 1 saturated carbocycles. The summed E-state index contributed by atoms with van der Waals surface area (Å²) in [5.41, 5.74) is 7.52. The van der Waals surface area contributed by atoms with E-state index in [2.05, 4.69) is 50.1 Å². The van der Waals surface area contributed by atoms with Crippen LogP contribution in [-0.2, 0) is 46.7 Å². The number of hydrogen-bond donors (Lipinski definition) is 7. The quantitative estimate of drug-likeness (QED) is 0.0262. The van der Waals surface area contributed by atoms with Crippen LogP contribution in [0.15, 0.2) is 140 Å². The van der Waals surface area contributed by atoms with E-state index in [-0.39, 0.29) is 84.6 Å². The van der Waals surface area contributed by atoms with Crippen molar-refractivity contribution in [3.05, 3.63) is 179 Å². The maximum Gasteiger partial charge on any atom is 0.416 e. The van der Waals surface area contributed by atoms with E-state index < -0.39 is 79.0 Å². The van der Waals surface area contributed by atoms with Gasteiger partial charge in [-0.3, -0.25) is 38.4 Å². The van der Waals surface area contributed by atoms with Crippen molar-refractivity contribution in [1.82, 2.24) is 31.1 Å². The van der Waals surface area contributed by atoms with Crippen LogP contribution < -0.4 is 65.4 Å². The molecule has 5 aliphatic heterocycles. The summed E-state index contributed by atoms with van der Waals surface area (Å²) in [6.45, 7) is 5.09. The Morgan fingerprint density at radius 1 is 0.664 bits per heavy atom.